The van der Waals surface area contributed by atoms with E-state index >= 15 is 0 Å². The third-order valence-electron chi connectivity index (χ3n) is 4.46. The molecule has 0 unspecified atom stereocenters. The smallest absolute Gasteiger partial charge is 0.252 e. The lowest BCUT2D eigenvalue weighted by molar-refractivity contribution is 0.306. The molecule has 5 nitrogen and oxygen atoms in total. The number of hydrogen-bond donors (Lipinski definition) is 1. The Morgan fingerprint density at radius 1 is 1.20 bits per heavy atom. The standard InChI is InChI=1S/C18H24N2O3S2/c1-14(2)12-16-13-19(25(22,23)18-4-3-11-24-18)9-10-20(16)15-5-7-17(21)8-6-15/h3-8,11,14,16,21H,9-10,12-13H2,1-2H3/t16-/m1/s1. The first-order chi connectivity index (χ1) is 11.9. The molecule has 25 heavy (non-hydrogen) atoms. The van der Waals surface area contributed by atoms with E-state index in [0.29, 0.717) is 29.8 Å². The molecule has 1 aromatic carbocycles. The molecule has 1 fully saturated rings. The molecule has 1 aromatic heterocycles. The Balaban J connectivity index is 1.84. The Labute approximate surface area is 153 Å². The van der Waals surface area contributed by atoms with Crippen LogP contribution in [0.25, 0.3) is 0 Å². The zero-order chi connectivity index (χ0) is 18.0. The fraction of sp³-hybridized carbons (Fsp3) is 0.444. The monoisotopic (exact) mass is 380 g/mol. The summed E-state index contributed by atoms with van der Waals surface area (Å²) in [6.07, 6.45) is 0.914. The van der Waals surface area contributed by atoms with E-state index in [1.165, 1.54) is 11.3 Å². The van der Waals surface area contributed by atoms with Crippen LogP contribution in [0.4, 0.5) is 5.69 Å². The fourth-order valence-corrected chi connectivity index (χ4v) is 5.93. The minimum atomic E-state index is -3.41. The predicted octanol–water partition coefficient (Wildman–Crippen LogP) is 3.38. The maximum atomic E-state index is 12.9. The van der Waals surface area contributed by atoms with Crippen LogP contribution in [0.5, 0.6) is 5.75 Å². The number of rotatable bonds is 5. The summed E-state index contributed by atoms with van der Waals surface area (Å²) in [5.41, 5.74) is 1.02. The molecule has 0 bridgehead atoms. The van der Waals surface area contributed by atoms with Gasteiger partial charge in [0.25, 0.3) is 10.0 Å². The number of thiophene rings is 1. The molecule has 1 N–H and O–H groups in total. The topological polar surface area (TPSA) is 60.9 Å². The van der Waals surface area contributed by atoms with Gasteiger partial charge in [0.05, 0.1) is 0 Å². The zero-order valence-corrected chi connectivity index (χ0v) is 16.1. The predicted molar refractivity (Wildman–Crippen MR) is 102 cm³/mol. The largest absolute Gasteiger partial charge is 0.508 e. The lowest BCUT2D eigenvalue weighted by Crippen LogP contribution is -2.55. The van der Waals surface area contributed by atoms with Crippen LogP contribution in [0.1, 0.15) is 20.3 Å². The van der Waals surface area contributed by atoms with Crippen molar-refractivity contribution in [2.24, 2.45) is 5.92 Å². The number of piperazine rings is 1. The van der Waals surface area contributed by atoms with Crippen molar-refractivity contribution in [2.45, 2.75) is 30.5 Å². The van der Waals surface area contributed by atoms with Gasteiger partial charge in [-0.1, -0.05) is 19.9 Å². The number of hydrogen-bond acceptors (Lipinski definition) is 5. The summed E-state index contributed by atoms with van der Waals surface area (Å²) in [5, 5.41) is 11.3. The van der Waals surface area contributed by atoms with E-state index in [9.17, 15) is 13.5 Å². The molecule has 1 atom stereocenters. The molecular weight excluding hydrogens is 356 g/mol. The van der Waals surface area contributed by atoms with Crippen molar-refractivity contribution in [1.29, 1.82) is 0 Å². The van der Waals surface area contributed by atoms with E-state index in [4.69, 9.17) is 0 Å². The van der Waals surface area contributed by atoms with E-state index in [2.05, 4.69) is 18.7 Å². The van der Waals surface area contributed by atoms with Crippen molar-refractivity contribution in [2.75, 3.05) is 24.5 Å². The summed E-state index contributed by atoms with van der Waals surface area (Å²) in [6, 6.07) is 10.7. The van der Waals surface area contributed by atoms with Crippen molar-refractivity contribution in [3.63, 3.8) is 0 Å². The Morgan fingerprint density at radius 3 is 2.52 bits per heavy atom. The second-order valence-corrected chi connectivity index (χ2v) is 9.90. The average Bonchev–Trinajstić information content (AvgIpc) is 3.10. The Kier molecular flexibility index (Phi) is 5.36. The SMILES string of the molecule is CC(C)C[C@@H]1CN(S(=O)(=O)c2cccs2)CCN1c1ccc(O)cc1. The summed E-state index contributed by atoms with van der Waals surface area (Å²) in [4.78, 5) is 2.26. The Morgan fingerprint density at radius 2 is 1.92 bits per heavy atom. The molecule has 3 rings (SSSR count). The first-order valence-corrected chi connectivity index (χ1v) is 10.8. The van der Waals surface area contributed by atoms with E-state index in [1.807, 2.05) is 12.1 Å². The molecule has 2 heterocycles. The molecule has 1 saturated heterocycles. The lowest BCUT2D eigenvalue weighted by atomic mass is 10.00. The highest BCUT2D eigenvalue weighted by atomic mass is 32.2. The highest BCUT2D eigenvalue weighted by molar-refractivity contribution is 7.91. The molecule has 136 valence electrons. The van der Waals surface area contributed by atoms with E-state index < -0.39 is 10.0 Å². The van der Waals surface area contributed by atoms with Gasteiger partial charge in [-0.2, -0.15) is 4.31 Å². The molecule has 0 amide bonds. The maximum Gasteiger partial charge on any atom is 0.252 e. The number of sulfonamides is 1. The van der Waals surface area contributed by atoms with Crippen molar-refractivity contribution in [1.82, 2.24) is 4.31 Å². The highest BCUT2D eigenvalue weighted by Gasteiger charge is 2.35. The van der Waals surface area contributed by atoms with Gasteiger partial charge in [0, 0.05) is 31.4 Å². The van der Waals surface area contributed by atoms with Gasteiger partial charge in [-0.3, -0.25) is 0 Å². The first kappa shape index (κ1) is 18.2. The van der Waals surface area contributed by atoms with Gasteiger partial charge in [0.1, 0.15) is 9.96 Å². The molecular formula is C18H24N2O3S2. The van der Waals surface area contributed by atoms with Gasteiger partial charge in [-0.25, -0.2) is 8.42 Å². The van der Waals surface area contributed by atoms with Crippen LogP contribution in [0.2, 0.25) is 0 Å². The highest BCUT2D eigenvalue weighted by Crippen LogP contribution is 2.29. The molecule has 0 spiro atoms. The quantitative estimate of drug-likeness (QED) is 0.864. The number of anilines is 1. The average molecular weight is 381 g/mol. The summed E-state index contributed by atoms with van der Waals surface area (Å²) in [5.74, 6) is 0.706. The molecule has 0 saturated carbocycles. The van der Waals surface area contributed by atoms with Crippen LogP contribution in [0.15, 0.2) is 46.0 Å². The minimum Gasteiger partial charge on any atom is -0.508 e. The normalized spacial score (nSPS) is 19.5. The Bertz CT molecular complexity index is 786. The lowest BCUT2D eigenvalue weighted by Gasteiger charge is -2.42. The van der Waals surface area contributed by atoms with Crippen molar-refractivity contribution in [3.05, 3.63) is 41.8 Å². The van der Waals surface area contributed by atoms with Gasteiger partial charge < -0.3 is 10.0 Å². The van der Waals surface area contributed by atoms with Gasteiger partial charge in [0.2, 0.25) is 0 Å². The summed E-state index contributed by atoms with van der Waals surface area (Å²) in [7, 11) is -3.41. The van der Waals surface area contributed by atoms with E-state index in [-0.39, 0.29) is 11.8 Å². The van der Waals surface area contributed by atoms with Crippen LogP contribution in [-0.4, -0.2) is 43.5 Å². The van der Waals surface area contributed by atoms with Gasteiger partial charge in [0.15, 0.2) is 0 Å². The molecule has 0 aliphatic carbocycles. The second-order valence-electron chi connectivity index (χ2n) is 6.79. The van der Waals surface area contributed by atoms with Gasteiger partial charge >= 0.3 is 0 Å². The van der Waals surface area contributed by atoms with Crippen LogP contribution in [0.3, 0.4) is 0 Å². The van der Waals surface area contributed by atoms with Crippen LogP contribution < -0.4 is 4.90 Å². The van der Waals surface area contributed by atoms with E-state index in [0.717, 1.165) is 12.1 Å². The first-order valence-electron chi connectivity index (χ1n) is 8.47. The summed E-state index contributed by atoms with van der Waals surface area (Å²) < 4.78 is 27.7. The third kappa shape index (κ3) is 3.99. The number of phenolic OH excluding ortho intramolecular Hbond substituents is 1. The molecule has 2 aromatic rings. The maximum absolute atomic E-state index is 12.9. The molecule has 1 aliphatic rings. The van der Waals surface area contributed by atoms with Crippen LogP contribution in [-0.2, 0) is 10.0 Å². The molecule has 0 radical (unpaired) electrons. The number of benzene rings is 1. The van der Waals surface area contributed by atoms with Crippen molar-refractivity contribution < 1.29 is 13.5 Å². The molecule has 1 aliphatic heterocycles. The second kappa shape index (κ2) is 7.35. The number of phenols is 1. The van der Waals surface area contributed by atoms with Crippen molar-refractivity contribution in [3.8, 4) is 5.75 Å². The minimum absolute atomic E-state index is 0.119. The van der Waals surface area contributed by atoms with Crippen LogP contribution >= 0.6 is 11.3 Å². The van der Waals surface area contributed by atoms with Gasteiger partial charge in [-0.05, 0) is 48.1 Å². The Hall–Kier alpha value is -1.57. The van der Waals surface area contributed by atoms with Gasteiger partial charge in [-0.15, -0.1) is 11.3 Å². The number of aromatic hydroxyl groups is 1. The fourth-order valence-electron chi connectivity index (χ4n) is 3.31. The van der Waals surface area contributed by atoms with E-state index in [1.54, 1.807) is 34.0 Å². The van der Waals surface area contributed by atoms with Crippen molar-refractivity contribution >= 4 is 27.0 Å². The zero-order valence-electron chi connectivity index (χ0n) is 14.5. The number of nitrogens with zero attached hydrogens (tertiary/aromatic N) is 2. The third-order valence-corrected chi connectivity index (χ3v) is 7.70. The summed E-state index contributed by atoms with van der Waals surface area (Å²) in [6.45, 7) is 5.91. The summed E-state index contributed by atoms with van der Waals surface area (Å²) >= 11 is 1.27. The van der Waals surface area contributed by atoms with Crippen LogP contribution in [0, 0.1) is 5.92 Å². The molecule has 7 heteroatoms.